The number of allylic oxidation sites excluding steroid dienone is 1. The van der Waals surface area contributed by atoms with Gasteiger partial charge in [0, 0.05) is 31.5 Å². The Morgan fingerprint density at radius 3 is 2.91 bits per heavy atom. The first-order valence-electron chi connectivity index (χ1n) is 10.1. The van der Waals surface area contributed by atoms with Gasteiger partial charge in [-0.25, -0.2) is 9.79 Å². The Kier molecular flexibility index (Phi) is 8.01. The molecule has 10 nitrogen and oxygen atoms in total. The molecule has 0 saturated heterocycles. The number of non-ortho nitro benzene ring substituents is 1. The van der Waals surface area contributed by atoms with E-state index in [1.54, 1.807) is 36.5 Å². The summed E-state index contributed by atoms with van der Waals surface area (Å²) in [6.07, 6.45) is 1.49. The Morgan fingerprint density at radius 2 is 2.21 bits per heavy atom. The fourth-order valence-electron chi connectivity index (χ4n) is 3.49. The smallest absolute Gasteiger partial charge is 0.338 e. The van der Waals surface area contributed by atoms with E-state index in [1.807, 2.05) is 0 Å². The Labute approximate surface area is 195 Å². The third-order valence-corrected chi connectivity index (χ3v) is 5.81. The fraction of sp³-hybridized carbons (Fsp3) is 0.318. The van der Waals surface area contributed by atoms with E-state index in [1.165, 1.54) is 30.0 Å². The van der Waals surface area contributed by atoms with Crippen molar-refractivity contribution in [2.75, 3.05) is 26.9 Å². The number of amidine groups is 1. The van der Waals surface area contributed by atoms with Crippen LogP contribution >= 0.6 is 11.8 Å². The van der Waals surface area contributed by atoms with E-state index in [9.17, 15) is 19.7 Å². The van der Waals surface area contributed by atoms with Crippen molar-refractivity contribution in [2.45, 2.75) is 19.4 Å². The number of benzene rings is 1. The summed E-state index contributed by atoms with van der Waals surface area (Å²) >= 11 is 1.32. The molecule has 0 bridgehead atoms. The largest absolute Gasteiger partial charge is 0.458 e. The standard InChI is InChI=1S/C22H24N4O6S/c1-4-9-32-21(28)19-14(2)24-22-25(17(13-33-22)12-18(27)23-8-10-31-3)20(19)15-6-5-7-16(11-15)26(29)30/h4-7,11,13,20H,1,8-10,12H2,2-3H3,(H,23,27). The van der Waals surface area contributed by atoms with Gasteiger partial charge in [0.25, 0.3) is 5.69 Å². The van der Waals surface area contributed by atoms with Gasteiger partial charge in [0.2, 0.25) is 5.91 Å². The highest BCUT2D eigenvalue weighted by atomic mass is 32.2. The Balaban J connectivity index is 2.01. The van der Waals surface area contributed by atoms with Crippen molar-refractivity contribution in [3.8, 4) is 0 Å². The van der Waals surface area contributed by atoms with Gasteiger partial charge in [0.15, 0.2) is 5.17 Å². The minimum absolute atomic E-state index is 0.00714. The number of nitro groups is 1. The van der Waals surface area contributed by atoms with Crippen LogP contribution in [-0.4, -0.2) is 53.7 Å². The molecule has 2 heterocycles. The van der Waals surface area contributed by atoms with Gasteiger partial charge in [-0.2, -0.15) is 0 Å². The number of thioether (sulfide) groups is 1. The van der Waals surface area contributed by atoms with Crippen LogP contribution < -0.4 is 5.32 Å². The highest BCUT2D eigenvalue weighted by Crippen LogP contribution is 2.45. The lowest BCUT2D eigenvalue weighted by Gasteiger charge is -2.36. The van der Waals surface area contributed by atoms with Gasteiger partial charge in [-0.1, -0.05) is 36.5 Å². The number of methoxy groups -OCH3 is 1. The lowest BCUT2D eigenvalue weighted by Crippen LogP contribution is -2.38. The van der Waals surface area contributed by atoms with Crippen LogP contribution in [0.3, 0.4) is 0 Å². The average molecular weight is 473 g/mol. The van der Waals surface area contributed by atoms with Crippen LogP contribution in [0.1, 0.15) is 24.9 Å². The highest BCUT2D eigenvalue weighted by molar-refractivity contribution is 8.16. The van der Waals surface area contributed by atoms with Crippen LogP contribution in [0.4, 0.5) is 5.69 Å². The first-order chi connectivity index (χ1) is 15.9. The number of aliphatic imine (C=N–C) groups is 1. The number of nitro benzene ring substituents is 1. The van der Waals surface area contributed by atoms with E-state index in [4.69, 9.17) is 9.47 Å². The molecule has 0 aromatic heterocycles. The van der Waals surface area contributed by atoms with Crippen LogP contribution in [0.2, 0.25) is 0 Å². The maximum atomic E-state index is 13.0. The Morgan fingerprint density at radius 1 is 1.42 bits per heavy atom. The molecule has 174 valence electrons. The molecule has 33 heavy (non-hydrogen) atoms. The molecule has 1 N–H and O–H groups in total. The van der Waals surface area contributed by atoms with Crippen molar-refractivity contribution in [3.63, 3.8) is 0 Å². The van der Waals surface area contributed by atoms with Gasteiger partial charge < -0.3 is 19.7 Å². The molecule has 1 unspecified atom stereocenters. The number of carbonyl (C=O) groups is 2. The minimum Gasteiger partial charge on any atom is -0.458 e. The van der Waals surface area contributed by atoms with Crippen molar-refractivity contribution in [2.24, 2.45) is 4.99 Å². The van der Waals surface area contributed by atoms with Gasteiger partial charge in [-0.15, -0.1) is 0 Å². The van der Waals surface area contributed by atoms with Crippen molar-refractivity contribution in [3.05, 3.63) is 75.0 Å². The first-order valence-corrected chi connectivity index (χ1v) is 11.0. The van der Waals surface area contributed by atoms with Gasteiger partial charge in [-0.3, -0.25) is 14.9 Å². The van der Waals surface area contributed by atoms with Gasteiger partial charge in [0.05, 0.1) is 35.3 Å². The molecule has 1 amide bonds. The maximum absolute atomic E-state index is 13.0. The van der Waals surface area contributed by atoms with E-state index in [0.29, 0.717) is 35.3 Å². The summed E-state index contributed by atoms with van der Waals surface area (Å²) in [6.45, 7) is 6.00. The quantitative estimate of drug-likeness (QED) is 0.181. The minimum atomic E-state index is -0.747. The van der Waals surface area contributed by atoms with Crippen molar-refractivity contribution >= 4 is 34.5 Å². The second-order valence-corrected chi connectivity index (χ2v) is 7.99. The molecular weight excluding hydrogens is 448 g/mol. The molecule has 2 aliphatic rings. The molecule has 0 spiro atoms. The highest BCUT2D eigenvalue weighted by Gasteiger charge is 2.41. The topological polar surface area (TPSA) is 123 Å². The fourth-order valence-corrected chi connectivity index (χ4v) is 4.45. The van der Waals surface area contributed by atoms with Crippen LogP contribution in [0.15, 0.2) is 64.3 Å². The summed E-state index contributed by atoms with van der Waals surface area (Å²) in [6, 6.07) is 5.31. The van der Waals surface area contributed by atoms with E-state index in [-0.39, 0.29) is 30.2 Å². The molecule has 0 fully saturated rings. The van der Waals surface area contributed by atoms with E-state index < -0.39 is 16.9 Å². The SMILES string of the molecule is C=CCOC(=O)C1=C(C)N=C2SC=C(CC(=O)NCCOC)N2C1c1cccc([N+](=O)[O-])c1. The number of hydrogen-bond donors (Lipinski definition) is 1. The van der Waals surface area contributed by atoms with E-state index in [0.717, 1.165) is 0 Å². The number of hydrogen-bond acceptors (Lipinski definition) is 9. The zero-order valence-electron chi connectivity index (χ0n) is 18.3. The van der Waals surface area contributed by atoms with E-state index >= 15 is 0 Å². The number of fused-ring (bicyclic) bond motifs is 1. The molecule has 0 saturated carbocycles. The molecule has 1 atom stereocenters. The molecule has 1 aromatic rings. The summed E-state index contributed by atoms with van der Waals surface area (Å²) in [5, 5.41) is 16.5. The molecular formula is C22H24N4O6S. The Bertz CT molecular complexity index is 1060. The summed E-state index contributed by atoms with van der Waals surface area (Å²) in [5.74, 6) is -0.826. The molecule has 0 radical (unpaired) electrons. The van der Waals surface area contributed by atoms with Crippen LogP contribution in [-0.2, 0) is 19.1 Å². The zero-order chi connectivity index (χ0) is 24.0. The number of ether oxygens (including phenoxy) is 2. The number of carbonyl (C=O) groups excluding carboxylic acids is 2. The molecule has 11 heteroatoms. The lowest BCUT2D eigenvalue weighted by atomic mass is 9.93. The zero-order valence-corrected chi connectivity index (χ0v) is 19.1. The van der Waals surface area contributed by atoms with Gasteiger partial charge in [0.1, 0.15) is 6.61 Å². The van der Waals surface area contributed by atoms with E-state index in [2.05, 4.69) is 16.9 Å². The molecule has 1 aromatic carbocycles. The maximum Gasteiger partial charge on any atom is 0.338 e. The number of rotatable bonds is 10. The van der Waals surface area contributed by atoms with Crippen molar-refractivity contribution < 1.29 is 24.0 Å². The first kappa shape index (κ1) is 24.2. The number of amides is 1. The summed E-state index contributed by atoms with van der Waals surface area (Å²) in [5.41, 5.74) is 1.71. The second kappa shape index (κ2) is 10.9. The Hall–Kier alpha value is -3.44. The predicted octanol–water partition coefficient (Wildman–Crippen LogP) is 3.05. The van der Waals surface area contributed by atoms with Crippen LogP contribution in [0.25, 0.3) is 0 Å². The lowest BCUT2D eigenvalue weighted by molar-refractivity contribution is -0.384. The third-order valence-electron chi connectivity index (χ3n) is 4.92. The normalized spacial score (nSPS) is 17.2. The average Bonchev–Trinajstić information content (AvgIpc) is 3.18. The van der Waals surface area contributed by atoms with Crippen molar-refractivity contribution in [1.82, 2.24) is 10.2 Å². The molecule has 2 aliphatic heterocycles. The van der Waals surface area contributed by atoms with Crippen LogP contribution in [0, 0.1) is 10.1 Å². The molecule has 0 aliphatic carbocycles. The number of nitrogens with zero attached hydrogens (tertiary/aromatic N) is 3. The van der Waals surface area contributed by atoms with Gasteiger partial charge in [-0.05, 0) is 17.9 Å². The van der Waals surface area contributed by atoms with Crippen molar-refractivity contribution in [1.29, 1.82) is 0 Å². The predicted molar refractivity (Wildman–Crippen MR) is 124 cm³/mol. The summed E-state index contributed by atoms with van der Waals surface area (Å²) < 4.78 is 10.3. The number of nitrogens with one attached hydrogen (secondary N) is 1. The summed E-state index contributed by atoms with van der Waals surface area (Å²) in [7, 11) is 1.55. The van der Waals surface area contributed by atoms with Gasteiger partial charge >= 0.3 is 5.97 Å². The monoisotopic (exact) mass is 472 g/mol. The van der Waals surface area contributed by atoms with Crippen LogP contribution in [0.5, 0.6) is 0 Å². The molecule has 3 rings (SSSR count). The third kappa shape index (κ3) is 5.49. The summed E-state index contributed by atoms with van der Waals surface area (Å²) in [4.78, 5) is 42.7. The second-order valence-electron chi connectivity index (χ2n) is 7.15. The number of esters is 1.